The molecule has 4 aromatic rings. The maximum atomic E-state index is 14.0. The molecule has 7 heteroatoms. The first-order valence-electron chi connectivity index (χ1n) is 13.7. The van der Waals surface area contributed by atoms with Crippen LogP contribution in [0.1, 0.15) is 53.1 Å². The first-order chi connectivity index (χ1) is 19.6. The maximum absolute atomic E-state index is 14.0. The zero-order valence-corrected chi connectivity index (χ0v) is 22.8. The predicted octanol–water partition coefficient (Wildman–Crippen LogP) is 5.77. The summed E-state index contributed by atoms with van der Waals surface area (Å²) in [5.74, 6) is 0.0743. The average Bonchev–Trinajstić information content (AvgIpc) is 3.02. The lowest BCUT2D eigenvalue weighted by Crippen LogP contribution is -2.35. The van der Waals surface area contributed by atoms with Gasteiger partial charge in [-0.1, -0.05) is 91.0 Å². The highest BCUT2D eigenvalue weighted by molar-refractivity contribution is 6.14. The van der Waals surface area contributed by atoms with Crippen LogP contribution in [0.4, 0.5) is 0 Å². The molecular weight excluding hydrogens is 499 g/mol. The van der Waals surface area contributed by atoms with Crippen LogP contribution in [0.5, 0.6) is 5.75 Å². The first-order valence-corrected chi connectivity index (χ1v) is 13.7. The van der Waals surface area contributed by atoms with Gasteiger partial charge in [-0.3, -0.25) is 14.8 Å². The number of hydroxylamine groups is 1. The molecule has 0 aliphatic rings. The average molecular weight is 534 g/mol. The fraction of sp³-hybridized carbons (Fsp3) is 0.212. The Morgan fingerprint density at radius 2 is 1.40 bits per heavy atom. The Morgan fingerprint density at radius 1 is 0.775 bits per heavy atom. The predicted molar refractivity (Wildman–Crippen MR) is 160 cm³/mol. The molecule has 0 saturated heterocycles. The van der Waals surface area contributed by atoms with Crippen molar-refractivity contribution in [2.75, 3.05) is 6.61 Å². The molecule has 204 valence electrons. The molecule has 6 nitrogen and oxygen atoms in total. The number of nitrogens with one attached hydrogen (secondary N) is 1. The molecule has 4 rings (SSSR count). The number of carbonyl (C=O) groups excluding carboxylic acids is 2. The lowest BCUT2D eigenvalue weighted by Gasteiger charge is -2.31. The number of benzene rings is 4. The van der Waals surface area contributed by atoms with Crippen molar-refractivity contribution in [1.29, 1.82) is 0 Å². The number of hydrogen-bond acceptors (Lipinski definition) is 4. The summed E-state index contributed by atoms with van der Waals surface area (Å²) >= 11 is 0. The third-order valence-electron chi connectivity index (χ3n) is 6.96. The summed E-state index contributed by atoms with van der Waals surface area (Å²) in [6.45, 7) is 0.959. The highest BCUT2D eigenvalue weighted by Gasteiger charge is 2.25. The molecule has 2 amide bonds. The van der Waals surface area contributed by atoms with Crippen molar-refractivity contribution in [3.8, 4) is 16.9 Å². The molecule has 0 bridgehead atoms. The van der Waals surface area contributed by atoms with E-state index in [1.54, 1.807) is 5.48 Å². The number of amides is 2. The van der Waals surface area contributed by atoms with E-state index in [2.05, 4.69) is 12.1 Å². The molecule has 1 atom stereocenters. The summed E-state index contributed by atoms with van der Waals surface area (Å²) in [4.78, 5) is 27.1. The molecule has 0 aliphatic carbocycles. The summed E-state index contributed by atoms with van der Waals surface area (Å²) in [6, 6.07) is 35.8. The van der Waals surface area contributed by atoms with Crippen molar-refractivity contribution < 1.29 is 19.5 Å². The summed E-state index contributed by atoms with van der Waals surface area (Å²) in [7, 11) is 2.04. The number of nitrogens with zero attached hydrogens (tertiary/aromatic N) is 1. The van der Waals surface area contributed by atoms with Crippen LogP contribution in [0.2, 0.25) is 0 Å². The third kappa shape index (κ3) is 7.84. The molecule has 0 aromatic heterocycles. The van der Waals surface area contributed by atoms with Crippen LogP contribution in [-0.2, 0) is 11.3 Å². The lowest BCUT2D eigenvalue weighted by atomic mass is 9.85. The van der Waals surface area contributed by atoms with Crippen molar-refractivity contribution in [3.05, 3.63) is 126 Å². The number of hydrogen-bond donors (Lipinski definition) is 2. The van der Waals surface area contributed by atoms with Gasteiger partial charge in [0.25, 0.3) is 5.91 Å². The highest BCUT2D eigenvalue weighted by Crippen LogP contribution is 2.30. The number of unbranched alkanes of at least 4 members (excludes halogenated alkanes) is 2. The second-order valence-electron chi connectivity index (χ2n) is 9.77. The number of carbonyl (C=O) groups is 2. The second kappa shape index (κ2) is 14.7. The van der Waals surface area contributed by atoms with Gasteiger partial charge in [0.05, 0.1) is 6.61 Å². The van der Waals surface area contributed by atoms with E-state index >= 15 is 0 Å². The first kappa shape index (κ1) is 28.6. The topological polar surface area (TPSA) is 78.9 Å². The van der Waals surface area contributed by atoms with Gasteiger partial charge in [0, 0.05) is 30.0 Å². The van der Waals surface area contributed by atoms with Crippen molar-refractivity contribution >= 4 is 19.7 Å². The minimum atomic E-state index is -0.377. The van der Waals surface area contributed by atoms with Gasteiger partial charge >= 0.3 is 0 Å². The van der Waals surface area contributed by atoms with Crippen LogP contribution in [0.15, 0.2) is 109 Å². The van der Waals surface area contributed by atoms with E-state index in [-0.39, 0.29) is 24.2 Å². The standard InChI is InChI=1S/C33H35BN2O4/c34-32(29-16-9-10-17-30(29)40-23-11-3-8-18-31(37)35-39)36(24-25-12-4-1-5-13-25)33(38)28-21-19-27(20-22-28)26-14-6-2-7-15-26/h1-2,4-7,9-10,12-17,19-22,32,39H,3,8,11,18,23-24,34H2,(H,35,37). The molecule has 40 heavy (non-hydrogen) atoms. The van der Waals surface area contributed by atoms with Gasteiger partial charge in [-0.15, -0.1) is 0 Å². The van der Waals surface area contributed by atoms with E-state index in [0.717, 1.165) is 40.8 Å². The third-order valence-corrected chi connectivity index (χ3v) is 6.96. The molecule has 0 saturated carbocycles. The van der Waals surface area contributed by atoms with E-state index in [1.807, 2.05) is 110 Å². The Labute approximate surface area is 237 Å². The molecule has 0 radical (unpaired) electrons. The van der Waals surface area contributed by atoms with Crippen molar-refractivity contribution in [2.24, 2.45) is 0 Å². The zero-order chi connectivity index (χ0) is 28.2. The van der Waals surface area contributed by atoms with Crippen LogP contribution < -0.4 is 10.2 Å². The van der Waals surface area contributed by atoms with Crippen LogP contribution >= 0.6 is 0 Å². The molecule has 0 spiro atoms. The fourth-order valence-electron chi connectivity index (χ4n) is 4.69. The quantitative estimate of drug-likeness (QED) is 0.0988. The van der Waals surface area contributed by atoms with Gasteiger partial charge in [-0.05, 0) is 54.2 Å². The van der Waals surface area contributed by atoms with Gasteiger partial charge in [-0.2, -0.15) is 0 Å². The van der Waals surface area contributed by atoms with E-state index in [0.29, 0.717) is 25.1 Å². The molecule has 0 heterocycles. The SMILES string of the molecule is BC(c1ccccc1OCCCCCC(=O)NO)N(Cc1ccccc1)C(=O)c1ccc(-c2ccccc2)cc1. The summed E-state index contributed by atoms with van der Waals surface area (Å²) in [5.41, 5.74) is 6.45. The number of para-hydroxylation sites is 1. The molecule has 2 N–H and O–H groups in total. The lowest BCUT2D eigenvalue weighted by molar-refractivity contribution is -0.129. The van der Waals surface area contributed by atoms with Crippen LogP contribution in [0.3, 0.4) is 0 Å². The van der Waals surface area contributed by atoms with Crippen molar-refractivity contribution in [2.45, 2.75) is 38.2 Å². The number of rotatable bonds is 13. The van der Waals surface area contributed by atoms with Crippen LogP contribution in [0.25, 0.3) is 11.1 Å². The van der Waals surface area contributed by atoms with Gasteiger partial charge in [0.15, 0.2) is 0 Å². The fourth-order valence-corrected chi connectivity index (χ4v) is 4.69. The Morgan fingerprint density at radius 3 is 2.10 bits per heavy atom. The molecule has 4 aromatic carbocycles. The van der Waals surface area contributed by atoms with Gasteiger partial charge in [0.1, 0.15) is 13.6 Å². The highest BCUT2D eigenvalue weighted by atomic mass is 16.5. The second-order valence-corrected chi connectivity index (χ2v) is 9.77. The van der Waals surface area contributed by atoms with E-state index in [9.17, 15) is 9.59 Å². The Kier molecular flexibility index (Phi) is 10.5. The number of ether oxygens (including phenoxy) is 1. The smallest absolute Gasteiger partial charge is 0.254 e. The Hall–Kier alpha value is -4.36. The van der Waals surface area contributed by atoms with E-state index in [1.165, 1.54) is 0 Å². The molecule has 0 aliphatic heterocycles. The van der Waals surface area contributed by atoms with Gasteiger partial charge in [0.2, 0.25) is 5.91 Å². The molecular formula is C33H35BN2O4. The molecule has 1 unspecified atom stereocenters. The Balaban J connectivity index is 1.51. The minimum Gasteiger partial charge on any atom is -0.493 e. The van der Waals surface area contributed by atoms with E-state index in [4.69, 9.17) is 9.94 Å². The van der Waals surface area contributed by atoms with Gasteiger partial charge < -0.3 is 9.64 Å². The van der Waals surface area contributed by atoms with Gasteiger partial charge in [-0.25, -0.2) is 5.48 Å². The summed E-state index contributed by atoms with van der Waals surface area (Å²) in [6.07, 6.45) is 2.55. The summed E-state index contributed by atoms with van der Waals surface area (Å²) in [5, 5.41) is 8.63. The normalized spacial score (nSPS) is 11.4. The van der Waals surface area contributed by atoms with Crippen LogP contribution in [-0.4, -0.2) is 36.4 Å². The van der Waals surface area contributed by atoms with E-state index < -0.39 is 0 Å². The van der Waals surface area contributed by atoms with Crippen LogP contribution in [0, 0.1) is 0 Å². The zero-order valence-electron chi connectivity index (χ0n) is 22.8. The monoisotopic (exact) mass is 534 g/mol. The van der Waals surface area contributed by atoms with Crippen molar-refractivity contribution in [3.63, 3.8) is 0 Å². The maximum Gasteiger partial charge on any atom is 0.254 e. The summed E-state index contributed by atoms with van der Waals surface area (Å²) < 4.78 is 6.15. The Bertz CT molecular complexity index is 1360. The largest absolute Gasteiger partial charge is 0.493 e. The van der Waals surface area contributed by atoms with Crippen molar-refractivity contribution in [1.82, 2.24) is 10.4 Å². The molecule has 0 fully saturated rings. The minimum absolute atomic E-state index is 0.0482.